The van der Waals surface area contributed by atoms with Gasteiger partial charge in [0, 0.05) is 0 Å². The van der Waals surface area contributed by atoms with Crippen LogP contribution in [0.25, 0.3) is 0 Å². The summed E-state index contributed by atoms with van der Waals surface area (Å²) in [6, 6.07) is 7.47. The van der Waals surface area contributed by atoms with Crippen molar-refractivity contribution in [2.75, 3.05) is 0 Å². The van der Waals surface area contributed by atoms with Crippen molar-refractivity contribution in [1.29, 1.82) is 0 Å². The summed E-state index contributed by atoms with van der Waals surface area (Å²) in [6.45, 7) is 2.30. The van der Waals surface area contributed by atoms with E-state index in [1.54, 1.807) is 6.07 Å². The lowest BCUT2D eigenvalue weighted by Gasteiger charge is -2.38. The Bertz CT molecular complexity index is 592. The summed E-state index contributed by atoms with van der Waals surface area (Å²) in [7, 11) is 0. The quantitative estimate of drug-likeness (QED) is 0.251. The zero-order valence-corrected chi connectivity index (χ0v) is 21.1. The first-order valence-corrected chi connectivity index (χ1v) is 14.5. The highest BCUT2D eigenvalue weighted by Gasteiger charge is 2.31. The van der Waals surface area contributed by atoms with Crippen LogP contribution in [-0.2, 0) is 0 Å². The van der Waals surface area contributed by atoms with Crippen LogP contribution in [0.2, 0.25) is 0 Å². The third kappa shape index (κ3) is 8.83. The van der Waals surface area contributed by atoms with E-state index < -0.39 is 0 Å². The van der Waals surface area contributed by atoms with E-state index in [4.69, 9.17) is 0 Å². The molecular formula is C31H51F. The van der Waals surface area contributed by atoms with Crippen molar-refractivity contribution >= 4 is 0 Å². The molecule has 3 rings (SSSR count). The molecule has 1 heteroatoms. The number of rotatable bonds is 14. The van der Waals surface area contributed by atoms with Gasteiger partial charge in [-0.2, -0.15) is 0 Å². The molecule has 2 aliphatic rings. The van der Waals surface area contributed by atoms with E-state index in [-0.39, 0.29) is 5.82 Å². The molecule has 0 radical (unpaired) electrons. The van der Waals surface area contributed by atoms with Crippen LogP contribution in [0.15, 0.2) is 24.3 Å². The number of unbranched alkanes of at least 4 members (excludes halogenated alkanes) is 10. The molecule has 2 aliphatic carbocycles. The Balaban J connectivity index is 1.19. The maximum Gasteiger partial charge on any atom is 0.126 e. The van der Waals surface area contributed by atoms with E-state index >= 15 is 0 Å². The summed E-state index contributed by atoms with van der Waals surface area (Å²) in [6.07, 6.45) is 28.4. The second-order valence-electron chi connectivity index (χ2n) is 11.2. The van der Waals surface area contributed by atoms with E-state index in [9.17, 15) is 4.39 Å². The predicted octanol–water partition coefficient (Wildman–Crippen LogP) is 10.6. The van der Waals surface area contributed by atoms with Crippen LogP contribution in [0.5, 0.6) is 0 Å². The van der Waals surface area contributed by atoms with E-state index in [1.807, 2.05) is 18.2 Å². The standard InChI is InChI=1S/C31H51F/c1-2-3-4-5-6-7-8-9-10-11-12-15-26-18-20-27(21-19-26)28-22-24-29(25-23-28)30-16-13-14-17-31(30)32/h13-14,16-17,26-29H,2-12,15,18-25H2,1H3. The number of benzene rings is 1. The molecular weight excluding hydrogens is 391 g/mol. The predicted molar refractivity (Wildman–Crippen MR) is 138 cm³/mol. The molecule has 1 aromatic carbocycles. The van der Waals surface area contributed by atoms with Crippen molar-refractivity contribution in [3.8, 4) is 0 Å². The third-order valence-corrected chi connectivity index (χ3v) is 8.89. The first kappa shape index (κ1) is 25.8. The molecule has 0 aliphatic heterocycles. The Kier molecular flexibility index (Phi) is 12.2. The lowest BCUT2D eigenvalue weighted by atomic mass is 9.68. The Hall–Kier alpha value is -0.850. The van der Waals surface area contributed by atoms with Gasteiger partial charge in [-0.25, -0.2) is 4.39 Å². The van der Waals surface area contributed by atoms with Crippen molar-refractivity contribution in [3.05, 3.63) is 35.6 Å². The Labute approximate surface area is 199 Å². The number of hydrogen-bond acceptors (Lipinski definition) is 0. The molecule has 0 atom stereocenters. The van der Waals surface area contributed by atoms with E-state index in [0.29, 0.717) is 5.92 Å². The highest BCUT2D eigenvalue weighted by molar-refractivity contribution is 5.22. The SMILES string of the molecule is CCCCCCCCCCCCCC1CCC(C2CCC(c3ccccc3F)CC2)CC1. The molecule has 1 aromatic rings. The monoisotopic (exact) mass is 442 g/mol. The van der Waals surface area contributed by atoms with Gasteiger partial charge in [-0.3, -0.25) is 0 Å². The van der Waals surface area contributed by atoms with Gasteiger partial charge in [0.15, 0.2) is 0 Å². The van der Waals surface area contributed by atoms with Crippen molar-refractivity contribution < 1.29 is 4.39 Å². The van der Waals surface area contributed by atoms with Crippen LogP contribution >= 0.6 is 0 Å². The van der Waals surface area contributed by atoms with E-state index in [1.165, 1.54) is 128 Å². The average molecular weight is 443 g/mol. The zero-order chi connectivity index (χ0) is 22.4. The molecule has 32 heavy (non-hydrogen) atoms. The molecule has 0 N–H and O–H groups in total. The van der Waals surface area contributed by atoms with Crippen molar-refractivity contribution in [3.63, 3.8) is 0 Å². The summed E-state index contributed by atoms with van der Waals surface area (Å²) >= 11 is 0. The van der Waals surface area contributed by atoms with Gasteiger partial charge < -0.3 is 0 Å². The van der Waals surface area contributed by atoms with Gasteiger partial charge in [-0.1, -0.05) is 115 Å². The van der Waals surface area contributed by atoms with E-state index in [0.717, 1.165) is 23.3 Å². The summed E-state index contributed by atoms with van der Waals surface area (Å²) in [5.74, 6) is 3.37. The van der Waals surface area contributed by atoms with Gasteiger partial charge in [-0.05, 0) is 73.8 Å². The summed E-state index contributed by atoms with van der Waals surface area (Å²) in [5.41, 5.74) is 0.974. The first-order chi connectivity index (χ1) is 15.8. The smallest absolute Gasteiger partial charge is 0.126 e. The van der Waals surface area contributed by atoms with Crippen LogP contribution in [0.4, 0.5) is 4.39 Å². The molecule has 0 heterocycles. The fraction of sp³-hybridized carbons (Fsp3) is 0.806. The maximum absolute atomic E-state index is 14.1. The van der Waals surface area contributed by atoms with Crippen LogP contribution in [-0.4, -0.2) is 0 Å². The minimum atomic E-state index is 0.0128. The molecule has 2 fully saturated rings. The number of hydrogen-bond donors (Lipinski definition) is 0. The number of halogens is 1. The normalized spacial score (nSPS) is 26.3. The van der Waals surface area contributed by atoms with Gasteiger partial charge in [0.2, 0.25) is 0 Å². The molecule has 2 saturated carbocycles. The van der Waals surface area contributed by atoms with Crippen molar-refractivity contribution in [2.24, 2.45) is 17.8 Å². The van der Waals surface area contributed by atoms with Crippen molar-refractivity contribution in [1.82, 2.24) is 0 Å². The molecule has 0 nitrogen and oxygen atoms in total. The Morgan fingerprint density at radius 3 is 1.69 bits per heavy atom. The lowest BCUT2D eigenvalue weighted by Crippen LogP contribution is -2.25. The van der Waals surface area contributed by atoms with Crippen LogP contribution in [0.3, 0.4) is 0 Å². The van der Waals surface area contributed by atoms with E-state index in [2.05, 4.69) is 6.92 Å². The first-order valence-electron chi connectivity index (χ1n) is 14.5. The minimum absolute atomic E-state index is 0.0128. The Morgan fingerprint density at radius 1 is 0.625 bits per heavy atom. The molecule has 0 bridgehead atoms. The van der Waals surface area contributed by atoms with Gasteiger partial charge in [-0.15, -0.1) is 0 Å². The molecule has 0 unspecified atom stereocenters. The fourth-order valence-corrected chi connectivity index (χ4v) is 6.75. The highest BCUT2D eigenvalue weighted by atomic mass is 19.1. The molecule has 0 saturated heterocycles. The summed E-state index contributed by atoms with van der Waals surface area (Å²) in [4.78, 5) is 0. The summed E-state index contributed by atoms with van der Waals surface area (Å²) < 4.78 is 14.1. The van der Waals surface area contributed by atoms with Gasteiger partial charge in [0.05, 0.1) is 0 Å². The zero-order valence-electron chi connectivity index (χ0n) is 21.1. The average Bonchev–Trinajstić information content (AvgIpc) is 2.83. The minimum Gasteiger partial charge on any atom is -0.207 e. The Morgan fingerprint density at radius 2 is 1.12 bits per heavy atom. The fourth-order valence-electron chi connectivity index (χ4n) is 6.75. The van der Waals surface area contributed by atoms with Crippen molar-refractivity contribution in [2.45, 2.75) is 141 Å². The molecule has 0 amide bonds. The van der Waals surface area contributed by atoms with Gasteiger partial charge in [0.1, 0.15) is 5.82 Å². The van der Waals surface area contributed by atoms with Gasteiger partial charge >= 0.3 is 0 Å². The molecule has 182 valence electrons. The molecule has 0 aromatic heterocycles. The third-order valence-electron chi connectivity index (χ3n) is 8.89. The maximum atomic E-state index is 14.1. The van der Waals surface area contributed by atoms with Crippen LogP contribution in [0.1, 0.15) is 147 Å². The lowest BCUT2D eigenvalue weighted by molar-refractivity contribution is 0.155. The highest BCUT2D eigenvalue weighted by Crippen LogP contribution is 2.44. The topological polar surface area (TPSA) is 0 Å². The second-order valence-corrected chi connectivity index (χ2v) is 11.2. The van der Waals surface area contributed by atoms with Crippen LogP contribution < -0.4 is 0 Å². The van der Waals surface area contributed by atoms with Crippen LogP contribution in [0, 0.1) is 23.6 Å². The van der Waals surface area contributed by atoms with Gasteiger partial charge in [0.25, 0.3) is 0 Å². The molecule has 0 spiro atoms. The second kappa shape index (κ2) is 15.1. The largest absolute Gasteiger partial charge is 0.207 e. The summed E-state index contributed by atoms with van der Waals surface area (Å²) in [5, 5.41) is 0.